The fourth-order valence-electron chi connectivity index (χ4n) is 5.54. The average molecular weight is 489 g/mol. The molecule has 8 heteroatoms. The molecule has 0 amide bonds. The Balaban J connectivity index is 1.34. The summed E-state index contributed by atoms with van der Waals surface area (Å²) in [6.45, 7) is 2.64. The van der Waals surface area contributed by atoms with Gasteiger partial charge in [-0.3, -0.25) is 14.4 Å². The summed E-state index contributed by atoms with van der Waals surface area (Å²) >= 11 is 2.12. The summed E-state index contributed by atoms with van der Waals surface area (Å²) in [6.07, 6.45) is 3.63. The molecule has 2 aliphatic heterocycles. The molecule has 148 valence electrons. The van der Waals surface area contributed by atoms with E-state index in [1.165, 1.54) is 0 Å². The predicted octanol–water partition coefficient (Wildman–Crippen LogP) is 1.36. The number of carbonyl (C=O) groups is 3. The first kappa shape index (κ1) is 18.1. The molecular formula is C19H24INO6. The van der Waals surface area contributed by atoms with Gasteiger partial charge in [-0.05, 0) is 39.0 Å². The molecule has 0 radical (unpaired) electrons. The summed E-state index contributed by atoms with van der Waals surface area (Å²) in [5, 5.41) is 3.15. The first-order chi connectivity index (χ1) is 12.9. The summed E-state index contributed by atoms with van der Waals surface area (Å²) in [5.74, 6) is -2.15. The monoisotopic (exact) mass is 489 g/mol. The van der Waals surface area contributed by atoms with E-state index in [1.54, 1.807) is 0 Å². The molecule has 2 saturated heterocycles. The number of rotatable bonds is 5. The number of nitrogens with one attached hydrogen (secondary N) is 1. The summed E-state index contributed by atoms with van der Waals surface area (Å²) in [4.78, 5) is 38.1. The van der Waals surface area contributed by atoms with Crippen LogP contribution >= 0.6 is 22.6 Å². The van der Waals surface area contributed by atoms with Crippen LogP contribution in [-0.2, 0) is 28.6 Å². The zero-order valence-electron chi connectivity index (χ0n) is 15.2. The fourth-order valence-corrected chi connectivity index (χ4v) is 6.11. The minimum atomic E-state index is -0.665. The van der Waals surface area contributed by atoms with Crippen molar-refractivity contribution in [2.24, 2.45) is 23.7 Å². The zero-order valence-corrected chi connectivity index (χ0v) is 17.3. The minimum Gasteiger partial charge on any atom is -0.462 e. The fraction of sp³-hybridized carbons (Fsp3) is 0.842. The molecule has 1 N–H and O–H groups in total. The van der Waals surface area contributed by atoms with Gasteiger partial charge in [0.1, 0.15) is 21.7 Å². The molecule has 3 aliphatic carbocycles. The van der Waals surface area contributed by atoms with E-state index in [2.05, 4.69) is 27.9 Å². The van der Waals surface area contributed by atoms with E-state index in [0.29, 0.717) is 6.42 Å². The van der Waals surface area contributed by atoms with Crippen molar-refractivity contribution < 1.29 is 28.6 Å². The van der Waals surface area contributed by atoms with Crippen molar-refractivity contribution in [3.63, 3.8) is 0 Å². The first-order valence-corrected chi connectivity index (χ1v) is 11.0. The van der Waals surface area contributed by atoms with Crippen LogP contribution in [0.4, 0.5) is 0 Å². The van der Waals surface area contributed by atoms with Crippen LogP contribution < -0.4 is 5.32 Å². The van der Waals surface area contributed by atoms with E-state index in [1.807, 2.05) is 6.92 Å². The Morgan fingerprint density at radius 3 is 2.59 bits per heavy atom. The Morgan fingerprint density at radius 1 is 1.22 bits per heavy atom. The second kappa shape index (κ2) is 6.30. The van der Waals surface area contributed by atoms with E-state index in [9.17, 15) is 14.4 Å². The number of ether oxygens (including phenoxy) is 3. The third-order valence-corrected chi connectivity index (χ3v) is 8.30. The van der Waals surface area contributed by atoms with Crippen LogP contribution in [0.25, 0.3) is 0 Å². The Kier molecular flexibility index (Phi) is 4.24. The van der Waals surface area contributed by atoms with Crippen molar-refractivity contribution in [3.05, 3.63) is 0 Å². The van der Waals surface area contributed by atoms with Gasteiger partial charge in [0, 0.05) is 24.4 Å². The third kappa shape index (κ3) is 2.81. The van der Waals surface area contributed by atoms with Gasteiger partial charge in [0.2, 0.25) is 0 Å². The van der Waals surface area contributed by atoms with Crippen LogP contribution in [0.5, 0.6) is 0 Å². The third-order valence-electron chi connectivity index (χ3n) is 7.11. The van der Waals surface area contributed by atoms with Crippen LogP contribution in [0.2, 0.25) is 0 Å². The molecule has 7 nitrogen and oxygen atoms in total. The van der Waals surface area contributed by atoms with Crippen LogP contribution in [0.1, 0.15) is 39.0 Å². The van der Waals surface area contributed by atoms with E-state index in [-0.39, 0.29) is 41.9 Å². The Hall–Kier alpha value is -0.900. The maximum atomic E-state index is 12.9. The number of alkyl halides is 1. The van der Waals surface area contributed by atoms with Crippen LogP contribution in [-0.4, -0.2) is 52.2 Å². The van der Waals surface area contributed by atoms with Crippen LogP contribution in [0.3, 0.4) is 0 Å². The lowest BCUT2D eigenvalue weighted by molar-refractivity contribution is -0.169. The Bertz CT molecular complexity index is 686. The highest BCUT2D eigenvalue weighted by Crippen LogP contribution is 2.59. The van der Waals surface area contributed by atoms with Crippen molar-refractivity contribution >= 4 is 40.5 Å². The highest BCUT2D eigenvalue weighted by molar-refractivity contribution is 14.1. The second-order valence-electron chi connectivity index (χ2n) is 8.77. The van der Waals surface area contributed by atoms with Gasteiger partial charge in [0.25, 0.3) is 0 Å². The molecule has 0 spiro atoms. The van der Waals surface area contributed by atoms with Gasteiger partial charge in [-0.1, -0.05) is 22.6 Å². The van der Waals surface area contributed by atoms with Gasteiger partial charge in [-0.2, -0.15) is 0 Å². The van der Waals surface area contributed by atoms with E-state index >= 15 is 0 Å². The number of esters is 3. The number of hydrogen-bond donors (Lipinski definition) is 1. The molecule has 5 rings (SSSR count). The zero-order chi connectivity index (χ0) is 18.9. The Labute approximate surface area is 171 Å². The Morgan fingerprint density at radius 2 is 1.93 bits per heavy atom. The standard InChI is InChI=1S/C19H24INO6/c1-19(20,11-7-21-11)18(24)27-15-10-6-9-13(17(23)26-14(9)15)12(10)16(22)25-8-4-2-3-5-8/h8-15,21H,2-7H2,1H3. The van der Waals surface area contributed by atoms with Crippen molar-refractivity contribution in [1.29, 1.82) is 0 Å². The quantitative estimate of drug-likeness (QED) is 0.205. The number of halogens is 1. The largest absolute Gasteiger partial charge is 0.462 e. The van der Waals surface area contributed by atoms with Gasteiger partial charge >= 0.3 is 17.9 Å². The molecule has 2 bridgehead atoms. The predicted molar refractivity (Wildman–Crippen MR) is 101 cm³/mol. The molecule has 0 aromatic rings. The molecule has 27 heavy (non-hydrogen) atoms. The highest BCUT2D eigenvalue weighted by atomic mass is 127. The van der Waals surface area contributed by atoms with Gasteiger partial charge in [-0.25, -0.2) is 0 Å². The molecule has 0 aromatic heterocycles. The number of carbonyl (C=O) groups excluding carboxylic acids is 3. The summed E-state index contributed by atoms with van der Waals surface area (Å²) in [7, 11) is 0. The van der Waals surface area contributed by atoms with Crippen molar-refractivity contribution in [3.8, 4) is 0 Å². The lowest BCUT2D eigenvalue weighted by atomic mass is 9.78. The molecule has 5 fully saturated rings. The van der Waals surface area contributed by atoms with Gasteiger partial charge in [0.15, 0.2) is 0 Å². The first-order valence-electron chi connectivity index (χ1n) is 9.92. The van der Waals surface area contributed by atoms with Gasteiger partial charge in [-0.15, -0.1) is 0 Å². The highest BCUT2D eigenvalue weighted by Gasteiger charge is 2.70. The van der Waals surface area contributed by atoms with Crippen LogP contribution in [0.15, 0.2) is 0 Å². The molecule has 0 aromatic carbocycles. The van der Waals surface area contributed by atoms with Crippen molar-refractivity contribution in [2.45, 2.75) is 66.8 Å². The van der Waals surface area contributed by atoms with Gasteiger partial charge in [0.05, 0.1) is 11.8 Å². The normalized spacial score (nSPS) is 44.1. The lowest BCUT2D eigenvalue weighted by Gasteiger charge is -2.32. The number of hydrogen-bond acceptors (Lipinski definition) is 7. The van der Waals surface area contributed by atoms with Crippen LogP contribution in [0, 0.1) is 23.7 Å². The van der Waals surface area contributed by atoms with E-state index in [0.717, 1.165) is 32.2 Å². The molecule has 5 aliphatic rings. The summed E-state index contributed by atoms with van der Waals surface area (Å²) in [5.41, 5.74) is 0. The molecular weight excluding hydrogens is 465 g/mol. The second-order valence-corrected chi connectivity index (χ2v) is 11.0. The summed E-state index contributed by atoms with van der Waals surface area (Å²) < 4.78 is 16.5. The maximum absolute atomic E-state index is 12.9. The van der Waals surface area contributed by atoms with E-state index < -0.39 is 27.5 Å². The van der Waals surface area contributed by atoms with Crippen molar-refractivity contribution in [2.75, 3.05) is 6.54 Å². The van der Waals surface area contributed by atoms with Crippen molar-refractivity contribution in [1.82, 2.24) is 5.32 Å². The van der Waals surface area contributed by atoms with E-state index in [4.69, 9.17) is 14.2 Å². The average Bonchev–Trinajstić information content (AvgIpc) is 2.98. The smallest absolute Gasteiger partial charge is 0.323 e. The van der Waals surface area contributed by atoms with Gasteiger partial charge < -0.3 is 19.5 Å². The topological polar surface area (TPSA) is 101 Å². The molecule has 2 heterocycles. The maximum Gasteiger partial charge on any atom is 0.323 e. The molecule has 8 unspecified atom stereocenters. The summed E-state index contributed by atoms with van der Waals surface area (Å²) in [6, 6.07) is 0.103. The SMILES string of the molecule is CC(I)(C(=O)OC1C2CC3C1OC(=O)C3C2C(=O)OC1CCCC1)C1CN1. The number of fused-ring (bicyclic) bond motifs is 1. The lowest BCUT2D eigenvalue weighted by Crippen LogP contribution is -2.47. The molecule has 3 saturated carbocycles. The molecule has 8 atom stereocenters. The minimum absolute atomic E-state index is 0.0376.